The van der Waals surface area contributed by atoms with Crippen LogP contribution in [0, 0.1) is 23.7 Å². The summed E-state index contributed by atoms with van der Waals surface area (Å²) >= 11 is 0. The van der Waals surface area contributed by atoms with Gasteiger partial charge in [0.25, 0.3) is 0 Å². The van der Waals surface area contributed by atoms with Crippen LogP contribution in [-0.2, 0) is 33.2 Å². The molecule has 4 N–H and O–H groups in total. The van der Waals surface area contributed by atoms with Gasteiger partial charge in [-0.3, -0.25) is 4.79 Å². The zero-order valence-electron chi connectivity index (χ0n) is 32.5. The van der Waals surface area contributed by atoms with Gasteiger partial charge >= 0.3 is 5.97 Å². The molecule has 0 amide bonds. The van der Waals surface area contributed by atoms with Crippen molar-refractivity contribution >= 4 is 11.7 Å². The van der Waals surface area contributed by atoms with Crippen LogP contribution in [0.25, 0.3) is 0 Å². The number of hydrogen-bond acceptors (Lipinski definition) is 12. The third kappa shape index (κ3) is 7.79. The van der Waals surface area contributed by atoms with Gasteiger partial charge in [-0.25, -0.2) is 0 Å². The molecule has 12 nitrogen and oxygen atoms in total. The zero-order valence-corrected chi connectivity index (χ0v) is 32.5. The Labute approximate surface area is 319 Å². The van der Waals surface area contributed by atoms with E-state index in [1.54, 1.807) is 26.0 Å². The van der Waals surface area contributed by atoms with Crippen molar-refractivity contribution in [2.45, 2.75) is 172 Å². The Morgan fingerprint density at radius 2 is 1.78 bits per heavy atom. The first-order valence-corrected chi connectivity index (χ1v) is 20.3. The highest BCUT2D eigenvalue weighted by molar-refractivity contribution is 6.06. The maximum absolute atomic E-state index is 14.4. The summed E-state index contributed by atoms with van der Waals surface area (Å²) in [7, 11) is 0. The highest BCUT2D eigenvalue weighted by Crippen LogP contribution is 2.48. The summed E-state index contributed by atoms with van der Waals surface area (Å²) in [5.74, 6) is -1.92. The van der Waals surface area contributed by atoms with Crippen LogP contribution in [0.5, 0.6) is 0 Å². The number of esters is 1. The second-order valence-electron chi connectivity index (χ2n) is 17.2. The van der Waals surface area contributed by atoms with Crippen molar-refractivity contribution < 1.29 is 53.7 Å². The summed E-state index contributed by atoms with van der Waals surface area (Å²) in [5.41, 5.74) is 0.264. The highest BCUT2D eigenvalue weighted by atomic mass is 16.7. The summed E-state index contributed by atoms with van der Waals surface area (Å²) < 4.78 is 39.1. The molecule has 14 atom stereocenters. The average Bonchev–Trinajstić information content (AvgIpc) is 3.48. The molecule has 300 valence electrons. The predicted octanol–water partition coefficient (Wildman–Crippen LogP) is 5.42. The van der Waals surface area contributed by atoms with Crippen LogP contribution in [0.1, 0.15) is 105 Å². The second kappa shape index (κ2) is 16.2. The van der Waals surface area contributed by atoms with E-state index >= 15 is 0 Å². The molecule has 0 aromatic heterocycles. The van der Waals surface area contributed by atoms with Crippen molar-refractivity contribution in [3.63, 3.8) is 0 Å². The number of rotatable bonds is 3. The number of allylic oxidation sites excluding steroid dienone is 2. The minimum atomic E-state index is -1.84. The van der Waals surface area contributed by atoms with Gasteiger partial charge in [-0.15, -0.1) is 0 Å². The summed E-state index contributed by atoms with van der Waals surface area (Å²) in [6.07, 6.45) is 12.7. The van der Waals surface area contributed by atoms with Gasteiger partial charge in [0.1, 0.15) is 35.5 Å². The quantitative estimate of drug-likeness (QED) is 0.126. The number of hydrogen-bond donors (Lipinski definition) is 4. The van der Waals surface area contributed by atoms with Gasteiger partial charge in [0, 0.05) is 31.6 Å². The fourth-order valence-corrected chi connectivity index (χ4v) is 10.2. The molecule has 2 bridgehead atoms. The molecule has 12 heteroatoms. The Balaban J connectivity index is 1.25. The maximum Gasteiger partial charge on any atom is 0.316 e. The van der Waals surface area contributed by atoms with Gasteiger partial charge in [0.15, 0.2) is 12.1 Å². The van der Waals surface area contributed by atoms with E-state index < -0.39 is 66.2 Å². The number of oxime groups is 1. The summed E-state index contributed by atoms with van der Waals surface area (Å²) in [5, 5.41) is 46.8. The molecule has 2 aliphatic carbocycles. The monoisotopic (exact) mass is 755 g/mol. The second-order valence-corrected chi connectivity index (χ2v) is 17.2. The van der Waals surface area contributed by atoms with E-state index in [1.165, 1.54) is 19.3 Å². The normalized spacial score (nSPS) is 48.6. The number of ether oxygens (including phenoxy) is 6. The van der Waals surface area contributed by atoms with Crippen LogP contribution >= 0.6 is 0 Å². The van der Waals surface area contributed by atoms with Gasteiger partial charge in [-0.2, -0.15) is 0 Å². The fourth-order valence-electron chi connectivity index (χ4n) is 10.2. The number of nitrogens with zero attached hydrogens (tertiary/aromatic N) is 1. The molecule has 5 aliphatic heterocycles. The molecule has 5 fully saturated rings. The lowest BCUT2D eigenvalue weighted by atomic mass is 9.71. The fraction of sp³-hybridized carbons (Fsp3) is 0.762. The molecule has 5 heterocycles. The van der Waals surface area contributed by atoms with E-state index in [2.05, 4.69) is 18.2 Å². The summed E-state index contributed by atoms with van der Waals surface area (Å²) in [6.45, 7) is 9.79. The predicted molar refractivity (Wildman–Crippen MR) is 198 cm³/mol. The molecule has 0 aromatic carbocycles. The molecule has 0 unspecified atom stereocenters. The Kier molecular flexibility index (Phi) is 11.9. The van der Waals surface area contributed by atoms with E-state index in [9.17, 15) is 25.3 Å². The largest absolute Gasteiger partial charge is 0.462 e. The number of carbonyl (C=O) groups is 1. The average molecular weight is 756 g/mol. The van der Waals surface area contributed by atoms with Crippen LogP contribution in [-0.4, -0.2) is 105 Å². The van der Waals surface area contributed by atoms with Gasteiger partial charge in [-0.1, -0.05) is 68.6 Å². The molecular formula is C42H61NO11. The number of carbonyl (C=O) groups excluding carboxylic acids is 1. The molecular weight excluding hydrogens is 694 g/mol. The maximum atomic E-state index is 14.4. The van der Waals surface area contributed by atoms with Gasteiger partial charge in [0.05, 0.1) is 37.1 Å². The van der Waals surface area contributed by atoms with E-state index in [4.69, 9.17) is 28.4 Å². The van der Waals surface area contributed by atoms with Crippen LogP contribution in [0.2, 0.25) is 0 Å². The Hall–Kier alpha value is -2.42. The minimum absolute atomic E-state index is 0.0215. The Morgan fingerprint density at radius 1 is 1.00 bits per heavy atom. The molecule has 7 aliphatic rings. The lowest BCUT2D eigenvalue weighted by Crippen LogP contribution is -2.57. The van der Waals surface area contributed by atoms with Crippen molar-refractivity contribution in [2.24, 2.45) is 28.8 Å². The van der Waals surface area contributed by atoms with E-state index in [0.717, 1.165) is 24.8 Å². The smallest absolute Gasteiger partial charge is 0.316 e. The van der Waals surface area contributed by atoms with Crippen LogP contribution in [0.3, 0.4) is 0 Å². The zero-order chi connectivity index (χ0) is 38.4. The van der Waals surface area contributed by atoms with Crippen molar-refractivity contribution in [2.75, 3.05) is 6.61 Å². The molecule has 0 radical (unpaired) electrons. The molecule has 4 saturated heterocycles. The first kappa shape index (κ1) is 39.8. The standard InChI is InChI=1S/C42H61NO11/c1-23-10-9-13-29-22-49-39-35(43-48)26(4)18-32(42(29,39)47)40(46)51-31-19-30(15-14-24(2)37(23)52-34-20-33(44)36(45)27(5)50-34)53-41(21-31)17-16-25(3)38(54-41)28-11-7-6-8-12-28/h9-10,13-14,18,23,25,27-28,30-34,36-39,44-45,47-48H,6-8,11-12,15-17,19-22H2,1-5H3/b10-9+,24-14+,29-13+,43-35-/t23-,25-,27-,30+,31-,32-,33-,34-,36-,37-,38-,39+,41+,42+/m0/s1. The number of fused-ring (bicyclic) bond motifs is 2. The first-order chi connectivity index (χ1) is 25.8. The number of aliphatic hydroxyl groups is 3. The van der Waals surface area contributed by atoms with Crippen molar-refractivity contribution in [1.82, 2.24) is 0 Å². The third-order valence-electron chi connectivity index (χ3n) is 13.3. The highest BCUT2D eigenvalue weighted by Gasteiger charge is 2.60. The first-order valence-electron chi connectivity index (χ1n) is 20.3. The molecule has 0 aromatic rings. The molecule has 1 saturated carbocycles. The van der Waals surface area contributed by atoms with Crippen LogP contribution in [0.4, 0.5) is 0 Å². The van der Waals surface area contributed by atoms with E-state index in [0.29, 0.717) is 48.7 Å². The van der Waals surface area contributed by atoms with Gasteiger partial charge in [-0.05, 0) is 75.0 Å². The van der Waals surface area contributed by atoms with Gasteiger partial charge < -0.3 is 48.9 Å². The summed E-state index contributed by atoms with van der Waals surface area (Å²) in [6, 6.07) is 0. The van der Waals surface area contributed by atoms with E-state index in [1.807, 2.05) is 26.0 Å². The Morgan fingerprint density at radius 3 is 2.52 bits per heavy atom. The topological polar surface area (TPSA) is 166 Å². The van der Waals surface area contributed by atoms with E-state index in [-0.39, 0.29) is 36.9 Å². The lowest BCUT2D eigenvalue weighted by Gasteiger charge is -2.51. The molecule has 54 heavy (non-hydrogen) atoms. The van der Waals surface area contributed by atoms with Crippen molar-refractivity contribution in [3.05, 3.63) is 47.1 Å². The SMILES string of the molecule is CC1=C[C@H]2C(=O)O[C@H]3C[C@@H](C/C=C(\C)[C@@H](O[C@H]4C[C@H](O)[C@@H](O)[C@H](C)O4)[C@@H](C)/C=C/C=C4\CO[C@H](/C1=N\O)[C@@]42O)O[C@@]1(CC[C@H](C)[C@@H](C2CCCCC2)O1)C3. The van der Waals surface area contributed by atoms with Crippen LogP contribution in [0.15, 0.2) is 52.3 Å². The third-order valence-corrected chi connectivity index (χ3v) is 13.3. The van der Waals surface area contributed by atoms with Crippen molar-refractivity contribution in [3.8, 4) is 0 Å². The molecule has 7 rings (SSSR count). The van der Waals surface area contributed by atoms with Gasteiger partial charge in [0.2, 0.25) is 0 Å². The summed E-state index contributed by atoms with van der Waals surface area (Å²) in [4.78, 5) is 14.4. The number of aliphatic hydroxyl groups excluding tert-OH is 2. The minimum Gasteiger partial charge on any atom is -0.462 e. The molecule has 1 spiro atoms. The van der Waals surface area contributed by atoms with Crippen LogP contribution < -0.4 is 0 Å². The van der Waals surface area contributed by atoms with Crippen molar-refractivity contribution in [1.29, 1.82) is 0 Å². The lowest BCUT2D eigenvalue weighted by molar-refractivity contribution is -0.342. The Bertz CT molecular complexity index is 1520.